The quantitative estimate of drug-likeness (QED) is 0.877. The molecule has 1 aliphatic heterocycles. The van der Waals surface area contributed by atoms with Crippen LogP contribution < -0.4 is 5.32 Å². The maximum atomic E-state index is 12.3. The molecule has 0 bridgehead atoms. The molecule has 0 unspecified atom stereocenters. The third-order valence-electron chi connectivity index (χ3n) is 4.35. The third-order valence-corrected chi connectivity index (χ3v) is 4.35. The summed E-state index contributed by atoms with van der Waals surface area (Å²) in [6.07, 6.45) is 7.37. The number of nitrogens with zero attached hydrogens (tertiary/aromatic N) is 4. The lowest BCUT2D eigenvalue weighted by Crippen LogP contribution is -2.41. The van der Waals surface area contributed by atoms with Crippen molar-refractivity contribution in [1.82, 2.24) is 25.2 Å². The van der Waals surface area contributed by atoms with Crippen molar-refractivity contribution in [3.63, 3.8) is 0 Å². The first-order valence-corrected chi connectivity index (χ1v) is 7.15. The summed E-state index contributed by atoms with van der Waals surface area (Å²) in [4.78, 5) is 14.1. The maximum Gasteiger partial charge on any atom is 0.276 e. The zero-order valence-electron chi connectivity index (χ0n) is 11.4. The maximum absolute atomic E-state index is 12.3. The minimum absolute atomic E-state index is 0.00452. The lowest BCUT2D eigenvalue weighted by molar-refractivity contribution is 0.0646. The van der Waals surface area contributed by atoms with Crippen LogP contribution in [0.2, 0.25) is 0 Å². The Morgan fingerprint density at radius 2 is 2.11 bits per heavy atom. The van der Waals surface area contributed by atoms with E-state index in [1.807, 2.05) is 22.8 Å². The molecule has 2 heterocycles. The van der Waals surface area contributed by atoms with Gasteiger partial charge >= 0.3 is 0 Å². The number of carbonyl (C=O) groups excluding carboxylic acids is 1. The summed E-state index contributed by atoms with van der Waals surface area (Å²) in [5.41, 5.74) is 0.480. The van der Waals surface area contributed by atoms with Crippen LogP contribution in [0.25, 0.3) is 0 Å². The minimum Gasteiger partial charge on any atom is -0.337 e. The van der Waals surface area contributed by atoms with Crippen molar-refractivity contribution < 1.29 is 4.79 Å². The van der Waals surface area contributed by atoms with Gasteiger partial charge < -0.3 is 10.2 Å². The van der Waals surface area contributed by atoms with Crippen LogP contribution >= 0.6 is 0 Å². The summed E-state index contributed by atoms with van der Waals surface area (Å²) >= 11 is 0. The van der Waals surface area contributed by atoms with Crippen molar-refractivity contribution in [3.8, 4) is 0 Å². The van der Waals surface area contributed by atoms with Crippen molar-refractivity contribution in [2.45, 2.75) is 44.2 Å². The molecule has 0 spiro atoms. The Kier molecular flexibility index (Phi) is 3.50. The number of hydrogen-bond donors (Lipinski definition) is 1. The second-order valence-corrected chi connectivity index (χ2v) is 5.57. The van der Waals surface area contributed by atoms with E-state index in [0.717, 1.165) is 38.8 Å². The highest BCUT2D eigenvalue weighted by Crippen LogP contribution is 2.25. The lowest BCUT2D eigenvalue weighted by Gasteiger charge is -2.34. The SMILES string of the molecule is CN(C(=O)c1cn(C2CCNCC2)nn1)C1CCC1. The van der Waals surface area contributed by atoms with Crippen LogP contribution in [-0.2, 0) is 0 Å². The third kappa shape index (κ3) is 2.49. The zero-order chi connectivity index (χ0) is 13.2. The van der Waals surface area contributed by atoms with Gasteiger partial charge in [0.25, 0.3) is 5.91 Å². The van der Waals surface area contributed by atoms with Crippen molar-refractivity contribution in [1.29, 1.82) is 0 Å². The molecule has 0 aromatic carbocycles. The summed E-state index contributed by atoms with van der Waals surface area (Å²) in [6.45, 7) is 2.02. The van der Waals surface area contributed by atoms with Crippen LogP contribution in [0.1, 0.15) is 48.6 Å². The van der Waals surface area contributed by atoms with Gasteiger partial charge in [0.2, 0.25) is 0 Å². The standard InChI is InChI=1S/C13H21N5O/c1-17(10-3-2-4-10)13(19)12-9-18(16-15-12)11-5-7-14-8-6-11/h9-11,14H,2-8H2,1H3. The van der Waals surface area contributed by atoms with Gasteiger partial charge in [0.05, 0.1) is 12.2 Å². The van der Waals surface area contributed by atoms with Gasteiger partial charge in [-0.2, -0.15) is 0 Å². The molecule has 1 saturated heterocycles. The van der Waals surface area contributed by atoms with Crippen LogP contribution in [0.5, 0.6) is 0 Å². The van der Waals surface area contributed by atoms with Gasteiger partial charge in [-0.05, 0) is 45.2 Å². The first-order chi connectivity index (χ1) is 9.25. The van der Waals surface area contributed by atoms with Crippen molar-refractivity contribution in [2.24, 2.45) is 0 Å². The number of carbonyl (C=O) groups is 1. The van der Waals surface area contributed by atoms with Crippen LogP contribution in [0.3, 0.4) is 0 Å². The molecule has 1 aromatic rings. The molecule has 0 radical (unpaired) electrons. The van der Waals surface area contributed by atoms with Crippen LogP contribution in [-0.4, -0.2) is 52.0 Å². The van der Waals surface area contributed by atoms with Crippen LogP contribution in [0, 0.1) is 0 Å². The molecule has 6 nitrogen and oxygen atoms in total. The fourth-order valence-electron chi connectivity index (χ4n) is 2.74. The Hall–Kier alpha value is -1.43. The second-order valence-electron chi connectivity index (χ2n) is 5.57. The molecule has 1 saturated carbocycles. The van der Waals surface area contributed by atoms with E-state index in [2.05, 4.69) is 15.6 Å². The van der Waals surface area contributed by atoms with E-state index in [4.69, 9.17) is 0 Å². The molecule has 1 amide bonds. The van der Waals surface area contributed by atoms with E-state index in [0.29, 0.717) is 17.8 Å². The van der Waals surface area contributed by atoms with Gasteiger partial charge in [-0.3, -0.25) is 4.79 Å². The summed E-state index contributed by atoms with van der Waals surface area (Å²) in [6, 6.07) is 0.779. The highest BCUT2D eigenvalue weighted by atomic mass is 16.2. The average molecular weight is 263 g/mol. The van der Waals surface area contributed by atoms with Gasteiger partial charge in [-0.1, -0.05) is 5.21 Å². The molecule has 3 rings (SSSR count). The molecule has 1 aliphatic carbocycles. The molecule has 19 heavy (non-hydrogen) atoms. The Morgan fingerprint density at radius 3 is 2.74 bits per heavy atom. The summed E-state index contributed by atoms with van der Waals surface area (Å²) < 4.78 is 1.86. The van der Waals surface area contributed by atoms with Crippen LogP contribution in [0.15, 0.2) is 6.20 Å². The van der Waals surface area contributed by atoms with Crippen molar-refractivity contribution >= 4 is 5.91 Å². The molecule has 1 N–H and O–H groups in total. The number of nitrogens with one attached hydrogen (secondary N) is 1. The smallest absolute Gasteiger partial charge is 0.276 e. The first kappa shape index (κ1) is 12.6. The minimum atomic E-state index is 0.00452. The molecule has 2 aliphatic rings. The van der Waals surface area contributed by atoms with E-state index in [-0.39, 0.29) is 5.91 Å². The van der Waals surface area contributed by atoms with Gasteiger partial charge in [0.1, 0.15) is 0 Å². The first-order valence-electron chi connectivity index (χ1n) is 7.15. The van der Waals surface area contributed by atoms with Gasteiger partial charge in [0.15, 0.2) is 5.69 Å². The number of hydrogen-bond acceptors (Lipinski definition) is 4. The largest absolute Gasteiger partial charge is 0.337 e. The Morgan fingerprint density at radius 1 is 1.37 bits per heavy atom. The second kappa shape index (κ2) is 5.28. The summed E-state index contributed by atoms with van der Waals surface area (Å²) in [7, 11) is 1.87. The summed E-state index contributed by atoms with van der Waals surface area (Å²) in [5, 5.41) is 11.5. The number of rotatable bonds is 3. The van der Waals surface area contributed by atoms with Crippen molar-refractivity contribution in [3.05, 3.63) is 11.9 Å². The average Bonchev–Trinajstić information content (AvgIpc) is 2.86. The predicted molar refractivity (Wildman–Crippen MR) is 70.9 cm³/mol. The highest BCUT2D eigenvalue weighted by molar-refractivity contribution is 5.92. The molecule has 1 aromatic heterocycles. The summed E-state index contributed by atoms with van der Waals surface area (Å²) in [5.74, 6) is 0.00452. The number of aromatic nitrogens is 3. The van der Waals surface area contributed by atoms with E-state index in [1.54, 1.807) is 0 Å². The molecule has 104 valence electrons. The monoisotopic (exact) mass is 263 g/mol. The van der Waals surface area contributed by atoms with Crippen LogP contribution in [0.4, 0.5) is 0 Å². The van der Waals surface area contributed by atoms with E-state index in [1.165, 1.54) is 6.42 Å². The van der Waals surface area contributed by atoms with Gasteiger partial charge in [0, 0.05) is 13.1 Å². The number of piperidine rings is 1. The Bertz CT molecular complexity index is 448. The Balaban J connectivity index is 1.67. The molecular weight excluding hydrogens is 242 g/mol. The fourth-order valence-corrected chi connectivity index (χ4v) is 2.74. The zero-order valence-corrected chi connectivity index (χ0v) is 11.4. The topological polar surface area (TPSA) is 63.1 Å². The predicted octanol–water partition coefficient (Wildman–Crippen LogP) is 0.827. The van der Waals surface area contributed by atoms with Crippen molar-refractivity contribution in [2.75, 3.05) is 20.1 Å². The normalized spacial score (nSPS) is 21.1. The molecule has 6 heteroatoms. The van der Waals surface area contributed by atoms with Gasteiger partial charge in [-0.15, -0.1) is 5.10 Å². The molecular formula is C13H21N5O. The van der Waals surface area contributed by atoms with Gasteiger partial charge in [-0.25, -0.2) is 4.68 Å². The fraction of sp³-hybridized carbons (Fsp3) is 0.769. The molecule has 2 fully saturated rings. The highest BCUT2D eigenvalue weighted by Gasteiger charge is 2.28. The molecule has 0 atom stereocenters. The van der Waals surface area contributed by atoms with E-state index in [9.17, 15) is 4.79 Å². The Labute approximate surface area is 113 Å². The lowest BCUT2D eigenvalue weighted by atomic mass is 9.92. The van der Waals surface area contributed by atoms with E-state index < -0.39 is 0 Å². The van der Waals surface area contributed by atoms with E-state index >= 15 is 0 Å². The number of amides is 1.